The topological polar surface area (TPSA) is 20.3 Å². The van der Waals surface area contributed by atoms with Gasteiger partial charge in [0.05, 0.1) is 5.75 Å². The van der Waals surface area contributed by atoms with Crippen LogP contribution >= 0.6 is 11.8 Å². The molecule has 0 unspecified atom stereocenters. The van der Waals surface area contributed by atoms with Gasteiger partial charge in [0.2, 0.25) is 6.29 Å². The van der Waals surface area contributed by atoms with Crippen molar-refractivity contribution in [2.75, 3.05) is 32.1 Å². The van der Waals surface area contributed by atoms with Crippen molar-refractivity contribution in [3.8, 4) is 0 Å². The van der Waals surface area contributed by atoms with E-state index in [1.54, 1.807) is 11.8 Å². The van der Waals surface area contributed by atoms with Gasteiger partial charge in [-0.1, -0.05) is 0 Å². The van der Waals surface area contributed by atoms with Gasteiger partial charge in [-0.2, -0.15) is 11.8 Å². The molecule has 0 bridgehead atoms. The van der Waals surface area contributed by atoms with Crippen molar-refractivity contribution in [3.05, 3.63) is 0 Å². The van der Waals surface area contributed by atoms with Crippen molar-refractivity contribution >= 4 is 18.0 Å². The van der Waals surface area contributed by atoms with Crippen LogP contribution in [-0.2, 0) is 4.79 Å². The van der Waals surface area contributed by atoms with Crippen LogP contribution in [0, 0.1) is 0 Å². The van der Waals surface area contributed by atoms with Gasteiger partial charge < -0.3 is 4.90 Å². The van der Waals surface area contributed by atoms with Gasteiger partial charge in [-0.05, 0) is 14.1 Å². The molecule has 0 aromatic heterocycles. The number of carbonyl (C=O) groups excluding carboxylic acids is 1. The minimum absolute atomic E-state index is 0.508. The van der Waals surface area contributed by atoms with Crippen LogP contribution in [0.25, 0.3) is 0 Å². The van der Waals surface area contributed by atoms with E-state index in [4.69, 9.17) is 0 Å². The highest BCUT2D eigenvalue weighted by Gasteiger charge is 1.89. The molecule has 0 rings (SSSR count). The van der Waals surface area contributed by atoms with Crippen molar-refractivity contribution in [1.29, 1.82) is 0 Å². The van der Waals surface area contributed by atoms with E-state index >= 15 is 0 Å². The van der Waals surface area contributed by atoms with Gasteiger partial charge in [-0.15, -0.1) is 0 Å². The van der Waals surface area contributed by atoms with E-state index in [9.17, 15) is 4.79 Å². The highest BCUT2D eigenvalue weighted by molar-refractivity contribution is 7.99. The van der Waals surface area contributed by atoms with Crippen LogP contribution in [0.5, 0.6) is 0 Å². The van der Waals surface area contributed by atoms with E-state index in [-0.39, 0.29) is 0 Å². The minimum Gasteiger partial charge on any atom is -0.309 e. The van der Waals surface area contributed by atoms with E-state index in [0.29, 0.717) is 5.75 Å². The summed E-state index contributed by atoms with van der Waals surface area (Å²) < 4.78 is 0. The third kappa shape index (κ3) is 7.98. The molecule has 2 nitrogen and oxygen atoms in total. The fraction of sp³-hybridized carbons (Fsp3) is 0.833. The molecule has 0 aliphatic heterocycles. The largest absolute Gasteiger partial charge is 0.309 e. The van der Waals surface area contributed by atoms with Crippen LogP contribution in [0.2, 0.25) is 0 Å². The summed E-state index contributed by atoms with van der Waals surface area (Å²) >= 11 is 1.62. The van der Waals surface area contributed by atoms with Crippen LogP contribution in [0.15, 0.2) is 0 Å². The van der Waals surface area contributed by atoms with Gasteiger partial charge >= 0.3 is 0 Å². The minimum atomic E-state index is 0.508. The van der Waals surface area contributed by atoms with Crippen LogP contribution in [-0.4, -0.2) is 43.3 Å². The smallest absolute Gasteiger partial charge is 0.209 e. The number of hydrogen-bond acceptors (Lipinski definition) is 3. The van der Waals surface area contributed by atoms with Crippen molar-refractivity contribution in [2.45, 2.75) is 0 Å². The summed E-state index contributed by atoms with van der Waals surface area (Å²) in [5, 5.41) is 0. The molecule has 0 aromatic rings. The van der Waals surface area contributed by atoms with Gasteiger partial charge in [0.25, 0.3) is 0 Å². The van der Waals surface area contributed by atoms with Crippen molar-refractivity contribution in [3.63, 3.8) is 0 Å². The van der Waals surface area contributed by atoms with Crippen LogP contribution in [0.4, 0.5) is 0 Å². The zero-order valence-corrected chi connectivity index (χ0v) is 6.70. The normalized spacial score (nSPS) is 10.1. The van der Waals surface area contributed by atoms with Crippen LogP contribution in [0.1, 0.15) is 0 Å². The molecule has 3 heteroatoms. The molecule has 0 fully saturated rings. The summed E-state index contributed by atoms with van der Waals surface area (Å²) in [5.74, 6) is 1.52. The summed E-state index contributed by atoms with van der Waals surface area (Å²) in [6.07, 6.45) is 1.84. The average Bonchev–Trinajstić information content (AvgIpc) is 1.80. The Balaban J connectivity index is 2.82. The van der Waals surface area contributed by atoms with Crippen molar-refractivity contribution in [2.24, 2.45) is 0 Å². The Morgan fingerprint density at radius 3 is 2.67 bits per heavy atom. The van der Waals surface area contributed by atoms with E-state index in [0.717, 1.165) is 12.3 Å². The summed E-state index contributed by atoms with van der Waals surface area (Å²) in [5.41, 5.74) is 0. The number of nitrogens with zero attached hydrogens (tertiary/aromatic N) is 1. The Morgan fingerprint density at radius 1 is 1.56 bits per heavy atom. The molecule has 0 atom stereocenters. The molecule has 0 aliphatic rings. The molecule has 0 N–H and O–H groups in total. The summed E-state index contributed by atoms with van der Waals surface area (Å²) in [6, 6.07) is 0. The number of thioether (sulfide) groups is 1. The fourth-order valence-electron chi connectivity index (χ4n) is 0.361. The van der Waals surface area contributed by atoms with E-state index < -0.39 is 0 Å². The maximum absolute atomic E-state index is 9.69. The predicted octanol–water partition coefficient (Wildman–Crippen LogP) is 0.391. The summed E-state index contributed by atoms with van der Waals surface area (Å²) in [7, 11) is 4.04. The lowest BCUT2D eigenvalue weighted by atomic mass is 10.7. The third-order valence-corrected chi connectivity index (χ3v) is 1.64. The lowest BCUT2D eigenvalue weighted by molar-refractivity contribution is 0.437. The summed E-state index contributed by atoms with van der Waals surface area (Å²) in [6.45, 7) is 1.03. The molecule has 0 saturated carbocycles. The van der Waals surface area contributed by atoms with E-state index in [1.165, 1.54) is 0 Å². The van der Waals surface area contributed by atoms with E-state index in [1.807, 2.05) is 20.4 Å². The molecule has 0 aliphatic carbocycles. The first-order valence-electron chi connectivity index (χ1n) is 2.85. The van der Waals surface area contributed by atoms with Crippen LogP contribution < -0.4 is 0 Å². The molecule has 0 aromatic carbocycles. The molecule has 0 heterocycles. The zero-order valence-electron chi connectivity index (χ0n) is 5.89. The second kappa shape index (κ2) is 6.11. The second-order valence-corrected chi connectivity index (χ2v) is 3.11. The Hall–Kier alpha value is -0.0200. The first-order chi connectivity index (χ1) is 4.27. The summed E-state index contributed by atoms with van der Waals surface area (Å²) in [4.78, 5) is 11.8. The fourth-order valence-corrected chi connectivity index (χ4v) is 1.08. The van der Waals surface area contributed by atoms with Gasteiger partial charge in [-0.25, -0.2) is 0 Å². The third-order valence-electron chi connectivity index (χ3n) is 0.844. The van der Waals surface area contributed by atoms with Gasteiger partial charge in [0.1, 0.15) is 0 Å². The maximum atomic E-state index is 9.69. The lowest BCUT2D eigenvalue weighted by Gasteiger charge is -2.06. The van der Waals surface area contributed by atoms with Crippen molar-refractivity contribution < 1.29 is 4.79 Å². The highest BCUT2D eigenvalue weighted by atomic mass is 32.2. The number of rotatable bonds is 5. The average molecular weight is 146 g/mol. The molecule has 0 spiro atoms. The zero-order chi connectivity index (χ0) is 7.11. The van der Waals surface area contributed by atoms with Gasteiger partial charge in [-0.3, -0.25) is 4.79 Å². The molecule has 53 valence electrons. The Kier molecular flexibility index (Phi) is 6.09. The lowest BCUT2D eigenvalue weighted by Crippen LogP contribution is -2.14. The first-order valence-corrected chi connectivity index (χ1v) is 4.00. The van der Waals surface area contributed by atoms with Crippen molar-refractivity contribution in [1.82, 2.24) is 4.90 Å². The molecule has 9 heavy (non-hydrogen) atoms. The standard InChI is InChI=1S/C6H12NOS/c1-7(2)3-5-9-6-4-8/h3,5-6H2,1-2H3. The Labute approximate surface area is 60.6 Å². The molecule has 0 saturated heterocycles. The van der Waals surface area contributed by atoms with Crippen LogP contribution in [0.3, 0.4) is 0 Å². The Morgan fingerprint density at radius 2 is 2.22 bits per heavy atom. The second-order valence-electron chi connectivity index (χ2n) is 2.00. The van der Waals surface area contributed by atoms with Gasteiger partial charge in [0.15, 0.2) is 0 Å². The monoisotopic (exact) mass is 146 g/mol. The molecule has 0 amide bonds. The Bertz CT molecular complexity index is 75.5. The first kappa shape index (κ1) is 8.98. The quantitative estimate of drug-likeness (QED) is 0.523. The maximum Gasteiger partial charge on any atom is 0.209 e. The van der Waals surface area contributed by atoms with E-state index in [2.05, 4.69) is 4.90 Å². The molecular weight excluding hydrogens is 134 g/mol. The molecular formula is C6H12NOS. The van der Waals surface area contributed by atoms with Gasteiger partial charge in [0, 0.05) is 12.3 Å². The predicted molar refractivity (Wildman–Crippen MR) is 41.6 cm³/mol. The number of hydrogen-bond donors (Lipinski definition) is 0. The SMILES string of the molecule is CN(C)CCSC[C]=O. The highest BCUT2D eigenvalue weighted by Crippen LogP contribution is 1.95. The molecule has 1 radical (unpaired) electrons.